The number of nitrogens with zero attached hydrogens (tertiary/aromatic N) is 3. The van der Waals surface area contributed by atoms with Crippen LogP contribution in [0.5, 0.6) is 0 Å². The van der Waals surface area contributed by atoms with Crippen LogP contribution in [0.15, 0.2) is 30.7 Å². The van der Waals surface area contributed by atoms with Gasteiger partial charge < -0.3 is 0 Å². The number of hydrogen-bond donors (Lipinski definition) is 0. The number of ketones is 1. The highest BCUT2D eigenvalue weighted by molar-refractivity contribution is 6.30. The van der Waals surface area contributed by atoms with Gasteiger partial charge in [0.05, 0.1) is 11.2 Å². The van der Waals surface area contributed by atoms with Crippen LogP contribution in [0, 0.1) is 0 Å². The number of carbonyl (C=O) groups is 1. The van der Waals surface area contributed by atoms with Crippen molar-refractivity contribution < 1.29 is 4.79 Å². The molecule has 0 aliphatic heterocycles. The van der Waals surface area contributed by atoms with Gasteiger partial charge in [-0.3, -0.25) is 14.5 Å². The molecule has 0 unspecified atom stereocenters. The molecule has 17 heavy (non-hydrogen) atoms. The maximum Gasteiger partial charge on any atom is 0.181 e. The Morgan fingerprint density at radius 2 is 2.24 bits per heavy atom. The summed E-state index contributed by atoms with van der Waals surface area (Å²) in [6, 6.07) is 3.32. The lowest BCUT2D eigenvalue weighted by Crippen LogP contribution is -2.03. The van der Waals surface area contributed by atoms with Gasteiger partial charge in [0.2, 0.25) is 0 Å². The molecule has 0 fully saturated rings. The van der Waals surface area contributed by atoms with E-state index in [0.29, 0.717) is 23.6 Å². The van der Waals surface area contributed by atoms with Gasteiger partial charge >= 0.3 is 0 Å². The van der Waals surface area contributed by atoms with Gasteiger partial charge in [-0.05, 0) is 24.1 Å². The van der Waals surface area contributed by atoms with E-state index < -0.39 is 0 Å². The van der Waals surface area contributed by atoms with Gasteiger partial charge in [-0.15, -0.1) is 0 Å². The van der Waals surface area contributed by atoms with E-state index in [9.17, 15) is 4.79 Å². The van der Waals surface area contributed by atoms with E-state index in [2.05, 4.69) is 10.1 Å². The molecule has 0 radical (unpaired) electrons. The zero-order chi connectivity index (χ0) is 12.3. The summed E-state index contributed by atoms with van der Waals surface area (Å²) in [5.41, 5.74) is 1.51. The van der Waals surface area contributed by atoms with E-state index in [0.717, 1.165) is 5.56 Å². The minimum absolute atomic E-state index is 0.0190. The number of hydrogen-bond acceptors (Lipinski definition) is 3. The van der Waals surface area contributed by atoms with Crippen LogP contribution in [0.1, 0.15) is 22.5 Å². The van der Waals surface area contributed by atoms with Crippen molar-refractivity contribution in [3.05, 3.63) is 47.0 Å². The molecule has 0 bridgehead atoms. The Morgan fingerprint density at radius 3 is 2.82 bits per heavy atom. The number of carbonyl (C=O) groups excluding carboxylic acids is 1. The van der Waals surface area contributed by atoms with Crippen molar-refractivity contribution in [3.8, 4) is 0 Å². The molecular formula is C12H12ClN3O. The van der Waals surface area contributed by atoms with Crippen molar-refractivity contribution in [1.29, 1.82) is 0 Å². The second kappa shape index (κ2) is 5.10. The summed E-state index contributed by atoms with van der Waals surface area (Å²) >= 11 is 5.71. The van der Waals surface area contributed by atoms with Crippen molar-refractivity contribution in [2.75, 3.05) is 0 Å². The number of rotatable bonds is 4. The van der Waals surface area contributed by atoms with Crippen LogP contribution >= 0.6 is 11.6 Å². The Labute approximate surface area is 104 Å². The summed E-state index contributed by atoms with van der Waals surface area (Å²) < 4.78 is 1.72. The first kappa shape index (κ1) is 11.8. The summed E-state index contributed by atoms with van der Waals surface area (Å²) in [4.78, 5) is 15.8. The second-order valence-electron chi connectivity index (χ2n) is 3.81. The van der Waals surface area contributed by atoms with Crippen LogP contribution in [0.25, 0.3) is 0 Å². The van der Waals surface area contributed by atoms with Crippen LogP contribution in [0.3, 0.4) is 0 Å². The van der Waals surface area contributed by atoms with Gasteiger partial charge in [0.1, 0.15) is 5.69 Å². The average molecular weight is 250 g/mol. The molecule has 0 amide bonds. The highest BCUT2D eigenvalue weighted by atomic mass is 35.5. The first-order valence-electron chi connectivity index (χ1n) is 5.27. The molecule has 0 saturated heterocycles. The summed E-state index contributed by atoms with van der Waals surface area (Å²) in [5, 5.41) is 4.59. The van der Waals surface area contributed by atoms with Gasteiger partial charge in [0.15, 0.2) is 5.78 Å². The fraction of sp³-hybridized carbons (Fsp3) is 0.250. The number of Topliss-reactive ketones (excluding diaryl/α,β-unsaturated/α-hetero) is 1. The minimum Gasteiger partial charge on any atom is -0.292 e. The van der Waals surface area contributed by atoms with E-state index in [4.69, 9.17) is 11.6 Å². The quantitative estimate of drug-likeness (QED) is 0.781. The minimum atomic E-state index is 0.0190. The lowest BCUT2D eigenvalue weighted by atomic mass is 10.1. The highest BCUT2D eigenvalue weighted by Gasteiger charge is 2.08. The lowest BCUT2D eigenvalue weighted by molar-refractivity contribution is 0.0978. The third-order valence-electron chi connectivity index (χ3n) is 2.41. The molecule has 4 nitrogen and oxygen atoms in total. The predicted octanol–water partition coefficient (Wildman–Crippen LogP) is 2.28. The molecule has 2 rings (SSSR count). The molecule has 0 saturated carbocycles. The highest BCUT2D eigenvalue weighted by Crippen LogP contribution is 2.09. The molecule has 88 valence electrons. The molecule has 0 atom stereocenters. The van der Waals surface area contributed by atoms with E-state index in [1.165, 1.54) is 6.20 Å². The monoisotopic (exact) mass is 249 g/mol. The molecule has 2 aromatic heterocycles. The molecular weight excluding hydrogens is 238 g/mol. The third-order valence-corrected chi connectivity index (χ3v) is 2.64. The van der Waals surface area contributed by atoms with Crippen molar-refractivity contribution in [3.63, 3.8) is 0 Å². The molecule has 0 N–H and O–H groups in total. The van der Waals surface area contributed by atoms with Crippen molar-refractivity contribution in [2.45, 2.75) is 12.8 Å². The number of pyridine rings is 1. The zero-order valence-corrected chi connectivity index (χ0v) is 10.2. The molecule has 0 aliphatic carbocycles. The lowest BCUT2D eigenvalue weighted by Gasteiger charge is -1.99. The summed E-state index contributed by atoms with van der Waals surface area (Å²) in [6.07, 6.45) is 6.27. The van der Waals surface area contributed by atoms with Crippen LogP contribution in [-0.4, -0.2) is 20.5 Å². The van der Waals surface area contributed by atoms with Crippen LogP contribution in [0.2, 0.25) is 5.02 Å². The third kappa shape index (κ3) is 3.14. The maximum absolute atomic E-state index is 11.8. The standard InChI is InChI=1S/C12H12ClN3O/c1-16-8-9(6-15-16)2-5-12(17)11-4-3-10(13)7-14-11/h3-4,6-8H,2,5H2,1H3. The molecule has 2 heterocycles. The van der Waals surface area contributed by atoms with E-state index in [1.54, 1.807) is 23.0 Å². The Balaban J connectivity index is 1.95. The second-order valence-corrected chi connectivity index (χ2v) is 4.24. The summed E-state index contributed by atoms with van der Waals surface area (Å²) in [5.74, 6) is 0.0190. The van der Waals surface area contributed by atoms with Gasteiger partial charge in [-0.2, -0.15) is 5.10 Å². The van der Waals surface area contributed by atoms with E-state index >= 15 is 0 Å². The molecule has 5 heteroatoms. The van der Waals surface area contributed by atoms with Crippen molar-refractivity contribution >= 4 is 17.4 Å². The average Bonchev–Trinajstić information content (AvgIpc) is 2.73. The Morgan fingerprint density at radius 1 is 1.41 bits per heavy atom. The van der Waals surface area contributed by atoms with Crippen molar-refractivity contribution in [2.24, 2.45) is 7.05 Å². The van der Waals surface area contributed by atoms with Gasteiger partial charge in [0, 0.05) is 25.9 Å². The maximum atomic E-state index is 11.8. The number of aryl methyl sites for hydroxylation is 2. The van der Waals surface area contributed by atoms with Gasteiger partial charge in [-0.25, -0.2) is 0 Å². The Kier molecular flexibility index (Phi) is 3.54. The molecule has 0 aliphatic rings. The molecule has 0 spiro atoms. The molecule has 0 aromatic carbocycles. The number of aromatic nitrogens is 3. The Bertz CT molecular complexity index is 519. The first-order valence-corrected chi connectivity index (χ1v) is 5.65. The normalized spacial score (nSPS) is 10.5. The van der Waals surface area contributed by atoms with Crippen LogP contribution < -0.4 is 0 Å². The first-order chi connectivity index (χ1) is 8.15. The number of halogens is 1. The van der Waals surface area contributed by atoms with Gasteiger partial charge in [0.25, 0.3) is 0 Å². The summed E-state index contributed by atoms with van der Waals surface area (Å²) in [6.45, 7) is 0. The SMILES string of the molecule is Cn1cc(CCC(=O)c2ccc(Cl)cn2)cn1. The van der Waals surface area contributed by atoms with E-state index in [-0.39, 0.29) is 5.78 Å². The van der Waals surface area contributed by atoms with E-state index in [1.807, 2.05) is 13.2 Å². The fourth-order valence-corrected chi connectivity index (χ4v) is 1.64. The summed E-state index contributed by atoms with van der Waals surface area (Å²) in [7, 11) is 1.85. The molecule has 2 aromatic rings. The fourth-order valence-electron chi connectivity index (χ4n) is 1.53. The largest absolute Gasteiger partial charge is 0.292 e. The van der Waals surface area contributed by atoms with Crippen molar-refractivity contribution in [1.82, 2.24) is 14.8 Å². The zero-order valence-electron chi connectivity index (χ0n) is 9.43. The topological polar surface area (TPSA) is 47.8 Å². The van der Waals surface area contributed by atoms with Crippen LogP contribution in [0.4, 0.5) is 0 Å². The smallest absolute Gasteiger partial charge is 0.181 e. The Hall–Kier alpha value is -1.68. The van der Waals surface area contributed by atoms with Gasteiger partial charge in [-0.1, -0.05) is 11.6 Å². The van der Waals surface area contributed by atoms with Crippen LogP contribution in [-0.2, 0) is 13.5 Å². The predicted molar refractivity (Wildman–Crippen MR) is 65.1 cm³/mol.